The van der Waals surface area contributed by atoms with Gasteiger partial charge in [-0.05, 0) is 73.2 Å². The minimum absolute atomic E-state index is 0.0200. The Kier molecular flexibility index (Phi) is 4.66. The van der Waals surface area contributed by atoms with E-state index in [1.807, 2.05) is 35.2 Å². The molecule has 136 valence electrons. The van der Waals surface area contributed by atoms with Gasteiger partial charge in [-0.25, -0.2) is 0 Å². The van der Waals surface area contributed by atoms with Crippen LogP contribution in [0.2, 0.25) is 0 Å². The molecule has 1 aliphatic heterocycles. The van der Waals surface area contributed by atoms with Crippen molar-refractivity contribution < 1.29 is 4.79 Å². The molecule has 1 atom stereocenters. The van der Waals surface area contributed by atoms with Crippen molar-refractivity contribution in [1.82, 2.24) is 0 Å². The van der Waals surface area contributed by atoms with Crippen molar-refractivity contribution in [2.24, 2.45) is 0 Å². The van der Waals surface area contributed by atoms with Crippen LogP contribution in [-0.2, 0) is 0 Å². The first kappa shape index (κ1) is 17.7. The molecule has 0 unspecified atom stereocenters. The lowest BCUT2D eigenvalue weighted by Gasteiger charge is -2.38. The lowest BCUT2D eigenvalue weighted by molar-refractivity contribution is 0.0975. The van der Waals surface area contributed by atoms with Crippen molar-refractivity contribution in [3.63, 3.8) is 0 Å². The number of rotatable bonds is 3. The smallest absolute Gasteiger partial charge is 0.262 e. The van der Waals surface area contributed by atoms with Gasteiger partial charge in [0, 0.05) is 16.3 Å². The molecule has 0 saturated carbocycles. The summed E-state index contributed by atoms with van der Waals surface area (Å²) < 4.78 is 0. The Morgan fingerprint density at radius 2 is 1.67 bits per heavy atom. The van der Waals surface area contributed by atoms with Crippen LogP contribution < -0.4 is 10.2 Å². The molecule has 27 heavy (non-hydrogen) atoms. The second-order valence-electron chi connectivity index (χ2n) is 6.81. The second-order valence-corrected chi connectivity index (χ2v) is 7.69. The third-order valence-corrected chi connectivity index (χ3v) is 5.87. The maximum atomic E-state index is 13.4. The molecule has 1 amide bonds. The van der Waals surface area contributed by atoms with E-state index in [0.29, 0.717) is 5.56 Å². The van der Waals surface area contributed by atoms with E-state index in [4.69, 9.17) is 0 Å². The minimum Gasteiger partial charge on any atom is -0.360 e. The molecule has 3 aromatic rings. The molecule has 1 N–H and O–H groups in total. The zero-order valence-corrected chi connectivity index (χ0v) is 16.5. The first-order chi connectivity index (χ1) is 13.1. The Morgan fingerprint density at radius 1 is 0.926 bits per heavy atom. The summed E-state index contributed by atoms with van der Waals surface area (Å²) in [5.41, 5.74) is 5.94. The van der Waals surface area contributed by atoms with Gasteiger partial charge in [0.1, 0.15) is 6.17 Å². The molecule has 0 aromatic heterocycles. The average Bonchev–Trinajstić information content (AvgIpc) is 2.70. The summed E-state index contributed by atoms with van der Waals surface area (Å²) in [5.74, 6) is 0.0200. The Morgan fingerprint density at radius 3 is 2.37 bits per heavy atom. The molecule has 3 nitrogen and oxygen atoms in total. The Labute approximate surface area is 164 Å². The monoisotopic (exact) mass is 374 g/mol. The average molecular weight is 375 g/mol. The van der Waals surface area contributed by atoms with E-state index in [-0.39, 0.29) is 12.1 Å². The van der Waals surface area contributed by atoms with Crippen LogP contribution >= 0.6 is 11.8 Å². The summed E-state index contributed by atoms with van der Waals surface area (Å²) in [6.07, 6.45) is 1.82. The zero-order valence-electron chi connectivity index (χ0n) is 15.7. The number of nitrogens with one attached hydrogen (secondary N) is 1. The van der Waals surface area contributed by atoms with Gasteiger partial charge in [0.2, 0.25) is 0 Å². The molecule has 3 aromatic carbocycles. The maximum Gasteiger partial charge on any atom is 0.262 e. The van der Waals surface area contributed by atoms with Crippen molar-refractivity contribution >= 4 is 29.0 Å². The van der Waals surface area contributed by atoms with Crippen LogP contribution in [-0.4, -0.2) is 12.2 Å². The summed E-state index contributed by atoms with van der Waals surface area (Å²) in [5, 5.41) is 3.56. The third kappa shape index (κ3) is 3.21. The van der Waals surface area contributed by atoms with Gasteiger partial charge >= 0.3 is 0 Å². The molecular weight excluding hydrogens is 352 g/mol. The zero-order chi connectivity index (χ0) is 19.0. The van der Waals surface area contributed by atoms with Crippen LogP contribution in [0.3, 0.4) is 0 Å². The largest absolute Gasteiger partial charge is 0.360 e. The van der Waals surface area contributed by atoms with Gasteiger partial charge in [-0.15, -0.1) is 11.8 Å². The highest BCUT2D eigenvalue weighted by Crippen LogP contribution is 2.37. The SMILES string of the molecule is CSc1ccc([C@@H]2Nc3ccccc3C(=O)N2c2ccc(C)c(C)c2)cc1. The fraction of sp³-hybridized carbons (Fsp3) is 0.174. The van der Waals surface area contributed by atoms with Crippen molar-refractivity contribution in [1.29, 1.82) is 0 Å². The number of para-hydroxylation sites is 1. The highest BCUT2D eigenvalue weighted by molar-refractivity contribution is 7.98. The fourth-order valence-electron chi connectivity index (χ4n) is 3.41. The van der Waals surface area contributed by atoms with Crippen LogP contribution in [0.25, 0.3) is 0 Å². The van der Waals surface area contributed by atoms with Crippen molar-refractivity contribution in [2.75, 3.05) is 16.5 Å². The Balaban J connectivity index is 1.84. The molecule has 0 aliphatic carbocycles. The molecular formula is C23H22N2OS. The standard InChI is InChI=1S/C23H22N2OS/c1-15-8-11-18(14-16(15)2)25-22(17-9-12-19(27-3)13-10-17)24-21-7-5-4-6-20(21)23(25)26/h4-14,22,24H,1-3H3/t22-/m1/s1. The lowest BCUT2D eigenvalue weighted by Crippen LogP contribution is -2.43. The lowest BCUT2D eigenvalue weighted by atomic mass is 10.0. The van der Waals surface area contributed by atoms with Gasteiger partial charge in [0.15, 0.2) is 0 Å². The van der Waals surface area contributed by atoms with Crippen LogP contribution in [0, 0.1) is 13.8 Å². The first-order valence-electron chi connectivity index (χ1n) is 8.99. The number of fused-ring (bicyclic) bond motifs is 1. The van der Waals surface area contributed by atoms with Gasteiger partial charge in [0.25, 0.3) is 5.91 Å². The van der Waals surface area contributed by atoms with Crippen molar-refractivity contribution in [2.45, 2.75) is 24.9 Å². The highest BCUT2D eigenvalue weighted by Gasteiger charge is 2.34. The summed E-state index contributed by atoms with van der Waals surface area (Å²) in [6.45, 7) is 4.17. The van der Waals surface area contributed by atoms with Gasteiger partial charge in [-0.1, -0.05) is 30.3 Å². The second kappa shape index (κ2) is 7.12. The number of benzene rings is 3. The first-order valence-corrected chi connectivity index (χ1v) is 10.2. The normalized spacial score (nSPS) is 16.0. The van der Waals surface area contributed by atoms with E-state index in [9.17, 15) is 4.79 Å². The molecule has 4 heteroatoms. The van der Waals surface area contributed by atoms with Crippen LogP contribution in [0.1, 0.15) is 33.2 Å². The maximum absolute atomic E-state index is 13.4. The molecule has 0 fully saturated rings. The summed E-state index contributed by atoms with van der Waals surface area (Å²) in [4.78, 5) is 16.5. The molecule has 4 rings (SSSR count). The third-order valence-electron chi connectivity index (χ3n) is 5.13. The molecule has 1 aliphatic rings. The van der Waals surface area contributed by atoms with E-state index in [1.54, 1.807) is 11.8 Å². The summed E-state index contributed by atoms with van der Waals surface area (Å²) in [6, 6.07) is 22.3. The van der Waals surface area contributed by atoms with E-state index >= 15 is 0 Å². The number of aryl methyl sites for hydroxylation is 2. The number of thioether (sulfide) groups is 1. The van der Waals surface area contributed by atoms with Gasteiger partial charge < -0.3 is 5.32 Å². The predicted octanol–water partition coefficient (Wildman–Crippen LogP) is 5.80. The van der Waals surface area contributed by atoms with E-state index in [0.717, 1.165) is 16.9 Å². The minimum atomic E-state index is -0.245. The number of hydrogen-bond donors (Lipinski definition) is 1. The van der Waals surface area contributed by atoms with Crippen LogP contribution in [0.5, 0.6) is 0 Å². The van der Waals surface area contributed by atoms with Gasteiger partial charge in [0.05, 0.1) is 5.56 Å². The summed E-state index contributed by atoms with van der Waals surface area (Å²) in [7, 11) is 0. The molecule has 0 radical (unpaired) electrons. The van der Waals surface area contributed by atoms with Gasteiger partial charge in [-0.3, -0.25) is 9.69 Å². The number of nitrogens with zero attached hydrogens (tertiary/aromatic N) is 1. The number of hydrogen-bond acceptors (Lipinski definition) is 3. The van der Waals surface area contributed by atoms with E-state index < -0.39 is 0 Å². The van der Waals surface area contributed by atoms with Crippen molar-refractivity contribution in [3.05, 3.63) is 89.0 Å². The number of anilines is 2. The molecule has 0 saturated heterocycles. The van der Waals surface area contributed by atoms with Crippen molar-refractivity contribution in [3.8, 4) is 0 Å². The molecule has 1 heterocycles. The fourth-order valence-corrected chi connectivity index (χ4v) is 3.82. The van der Waals surface area contributed by atoms with Crippen LogP contribution in [0.15, 0.2) is 71.6 Å². The predicted molar refractivity (Wildman–Crippen MR) is 114 cm³/mol. The Hall–Kier alpha value is -2.72. The summed E-state index contributed by atoms with van der Waals surface area (Å²) >= 11 is 1.71. The van der Waals surface area contributed by atoms with E-state index in [2.05, 4.69) is 61.8 Å². The number of carbonyl (C=O) groups is 1. The highest BCUT2D eigenvalue weighted by atomic mass is 32.2. The quantitative estimate of drug-likeness (QED) is 0.588. The topological polar surface area (TPSA) is 32.3 Å². The molecule has 0 bridgehead atoms. The van der Waals surface area contributed by atoms with E-state index in [1.165, 1.54) is 16.0 Å². The number of amides is 1. The molecule has 0 spiro atoms. The van der Waals surface area contributed by atoms with Crippen LogP contribution in [0.4, 0.5) is 11.4 Å². The van der Waals surface area contributed by atoms with Gasteiger partial charge in [-0.2, -0.15) is 0 Å². The Bertz CT molecular complexity index is 998. The number of carbonyl (C=O) groups excluding carboxylic acids is 1.